The zero-order valence-electron chi connectivity index (χ0n) is 20.2. The van der Waals surface area contributed by atoms with E-state index in [0.717, 1.165) is 49.8 Å². The van der Waals surface area contributed by atoms with Crippen molar-refractivity contribution < 1.29 is 22.4 Å². The summed E-state index contributed by atoms with van der Waals surface area (Å²) < 4.78 is 47.0. The number of nitrogens with zero attached hydrogens (tertiary/aromatic N) is 5. The molecule has 1 aliphatic carbocycles. The fraction of sp³-hybridized carbons (Fsp3) is 0.269. The standard InChI is InChI=1S/C26H22BrF3N6O2/c1-2-3-8-21-19(22(12-37)36(33-21)14-26(28,29)30)11-18-15-9-10-38-13-20(15)24(27)23(18)16-6-4-5-7-17(16)25-31-34-35-32-25/h4-7,9-10,12-13H,2-3,8,11,14H2,1H3,(H,31,32,34,35). The van der Waals surface area contributed by atoms with E-state index in [0.29, 0.717) is 35.4 Å². The van der Waals surface area contributed by atoms with Crippen LogP contribution in [0.15, 0.2) is 51.7 Å². The number of aromatic nitrogens is 6. The molecule has 38 heavy (non-hydrogen) atoms. The molecule has 2 aliphatic rings. The molecule has 196 valence electrons. The van der Waals surface area contributed by atoms with Crippen molar-refractivity contribution in [1.29, 1.82) is 0 Å². The first-order chi connectivity index (χ1) is 18.3. The molecule has 0 radical (unpaired) electrons. The summed E-state index contributed by atoms with van der Waals surface area (Å²) in [6.07, 6.45) is 1.30. The number of nitrogens with one attached hydrogen (secondary N) is 1. The van der Waals surface area contributed by atoms with Gasteiger partial charge in [0.05, 0.1) is 18.2 Å². The van der Waals surface area contributed by atoms with Crippen molar-refractivity contribution >= 4 is 22.2 Å². The third-order valence-electron chi connectivity index (χ3n) is 6.39. The Labute approximate surface area is 223 Å². The lowest BCUT2D eigenvalue weighted by molar-refractivity contribution is -0.142. The van der Waals surface area contributed by atoms with E-state index in [1.165, 1.54) is 0 Å². The van der Waals surface area contributed by atoms with Gasteiger partial charge in [-0.25, -0.2) is 0 Å². The Kier molecular flexibility index (Phi) is 7.15. The van der Waals surface area contributed by atoms with Gasteiger partial charge < -0.3 is 4.42 Å². The first-order valence-electron chi connectivity index (χ1n) is 11.9. The molecule has 8 nitrogen and oxygen atoms in total. The van der Waals surface area contributed by atoms with Crippen molar-refractivity contribution in [2.45, 2.75) is 45.3 Å². The number of hydrogen-bond donors (Lipinski definition) is 1. The topological polar surface area (TPSA) is 102 Å². The molecule has 0 fully saturated rings. The Hall–Kier alpha value is -3.80. The zero-order chi connectivity index (χ0) is 26.9. The predicted molar refractivity (Wildman–Crippen MR) is 137 cm³/mol. The van der Waals surface area contributed by atoms with Gasteiger partial charge in [-0.2, -0.15) is 23.5 Å². The van der Waals surface area contributed by atoms with Crippen LogP contribution in [0.5, 0.6) is 0 Å². The second-order valence-corrected chi connectivity index (χ2v) is 9.61. The lowest BCUT2D eigenvalue weighted by Crippen LogP contribution is -2.20. The maximum Gasteiger partial charge on any atom is 0.408 e. The van der Waals surface area contributed by atoms with Crippen LogP contribution in [-0.2, 0) is 19.4 Å². The maximum atomic E-state index is 13.3. The van der Waals surface area contributed by atoms with E-state index in [9.17, 15) is 18.0 Å². The van der Waals surface area contributed by atoms with Gasteiger partial charge in [0.2, 0.25) is 5.82 Å². The van der Waals surface area contributed by atoms with Crippen LogP contribution in [0.4, 0.5) is 13.2 Å². The van der Waals surface area contributed by atoms with Crippen LogP contribution >= 0.6 is 15.9 Å². The fourth-order valence-electron chi connectivity index (χ4n) is 4.74. The van der Waals surface area contributed by atoms with E-state index < -0.39 is 12.7 Å². The Morgan fingerprint density at radius 1 is 1.11 bits per heavy atom. The number of aryl methyl sites for hydroxylation is 1. The summed E-state index contributed by atoms with van der Waals surface area (Å²) in [5.74, 6) is 0.392. The average Bonchev–Trinajstić information content (AvgIpc) is 3.60. The number of fused-ring (bicyclic) bond motifs is 1. The van der Waals surface area contributed by atoms with Gasteiger partial charge >= 0.3 is 6.18 Å². The van der Waals surface area contributed by atoms with Gasteiger partial charge in [-0.05, 0) is 56.7 Å². The van der Waals surface area contributed by atoms with Crippen molar-refractivity contribution in [3.63, 3.8) is 0 Å². The molecule has 0 spiro atoms. The zero-order valence-corrected chi connectivity index (χ0v) is 21.8. The number of carbonyl (C=O) groups excluding carboxylic acids is 1. The minimum Gasteiger partial charge on any atom is -0.472 e. The average molecular weight is 587 g/mol. The summed E-state index contributed by atoms with van der Waals surface area (Å²) in [5.41, 5.74) is 5.63. The molecule has 3 aromatic rings. The third kappa shape index (κ3) is 4.87. The SMILES string of the molecule is CCCCc1nn(CC(F)(F)F)c(C=O)c1Cc1c2ccocc-2c(Br)c1-c1ccccc1-c1nn[nH]n1. The van der Waals surface area contributed by atoms with Crippen molar-refractivity contribution in [2.24, 2.45) is 0 Å². The molecule has 1 N–H and O–H groups in total. The monoisotopic (exact) mass is 586 g/mol. The highest BCUT2D eigenvalue weighted by atomic mass is 79.9. The number of halogens is 4. The van der Waals surface area contributed by atoms with Gasteiger partial charge in [0.1, 0.15) is 12.2 Å². The third-order valence-corrected chi connectivity index (χ3v) is 7.22. The minimum absolute atomic E-state index is 0.0723. The number of unbranched alkanes of at least 4 members (excludes halogenated alkanes) is 1. The van der Waals surface area contributed by atoms with E-state index in [1.807, 2.05) is 37.3 Å². The quantitative estimate of drug-likeness (QED) is 0.198. The van der Waals surface area contributed by atoms with E-state index >= 15 is 0 Å². The first kappa shape index (κ1) is 25.8. The number of carbonyl (C=O) groups is 1. The van der Waals surface area contributed by atoms with Crippen LogP contribution < -0.4 is 0 Å². The number of aldehydes is 1. The lowest BCUT2D eigenvalue weighted by Gasteiger charge is -2.12. The molecule has 1 aliphatic heterocycles. The Morgan fingerprint density at radius 3 is 2.58 bits per heavy atom. The summed E-state index contributed by atoms with van der Waals surface area (Å²) in [6.45, 7) is 0.656. The summed E-state index contributed by atoms with van der Waals surface area (Å²) in [4.78, 5) is 12.2. The molecular formula is C26H22BrF3N6O2. The predicted octanol–water partition coefficient (Wildman–Crippen LogP) is 6.50. The van der Waals surface area contributed by atoms with Crippen molar-refractivity contribution in [3.05, 3.63) is 69.8 Å². The highest BCUT2D eigenvalue weighted by Crippen LogP contribution is 2.49. The van der Waals surface area contributed by atoms with Crippen LogP contribution in [0, 0.1) is 0 Å². The molecule has 5 rings (SSSR count). The Morgan fingerprint density at radius 2 is 1.89 bits per heavy atom. The second kappa shape index (κ2) is 10.5. The second-order valence-electron chi connectivity index (χ2n) is 8.81. The first-order valence-corrected chi connectivity index (χ1v) is 12.7. The number of rotatable bonds is 9. The maximum absolute atomic E-state index is 13.3. The highest BCUT2D eigenvalue weighted by molar-refractivity contribution is 9.10. The smallest absolute Gasteiger partial charge is 0.408 e. The van der Waals surface area contributed by atoms with Crippen LogP contribution in [0.2, 0.25) is 0 Å². The molecule has 0 atom stereocenters. The van der Waals surface area contributed by atoms with Crippen LogP contribution in [0.1, 0.15) is 47.1 Å². The molecule has 1 aromatic carbocycles. The Balaban J connectivity index is 1.73. The number of benzene rings is 1. The van der Waals surface area contributed by atoms with Crippen LogP contribution in [-0.4, -0.2) is 42.9 Å². The molecule has 12 heteroatoms. The van der Waals surface area contributed by atoms with Gasteiger partial charge in [-0.15, -0.1) is 10.2 Å². The van der Waals surface area contributed by atoms with E-state index in [2.05, 4.69) is 41.7 Å². The van der Waals surface area contributed by atoms with E-state index in [1.54, 1.807) is 12.5 Å². The van der Waals surface area contributed by atoms with Crippen molar-refractivity contribution in [1.82, 2.24) is 30.4 Å². The molecule has 0 bridgehead atoms. The van der Waals surface area contributed by atoms with Crippen molar-refractivity contribution in [2.75, 3.05) is 0 Å². The minimum atomic E-state index is -4.52. The lowest BCUT2D eigenvalue weighted by atomic mass is 9.92. The molecule has 0 saturated carbocycles. The van der Waals surface area contributed by atoms with Crippen molar-refractivity contribution in [3.8, 4) is 33.6 Å². The van der Waals surface area contributed by atoms with E-state index in [-0.39, 0.29) is 12.1 Å². The van der Waals surface area contributed by atoms with Gasteiger partial charge in [0, 0.05) is 33.1 Å². The van der Waals surface area contributed by atoms with E-state index in [4.69, 9.17) is 4.42 Å². The molecule has 0 unspecified atom stereocenters. The van der Waals surface area contributed by atoms with Gasteiger partial charge in [0.15, 0.2) is 6.29 Å². The van der Waals surface area contributed by atoms with Gasteiger partial charge in [0.25, 0.3) is 0 Å². The summed E-state index contributed by atoms with van der Waals surface area (Å²) >= 11 is 3.73. The number of hydrogen-bond acceptors (Lipinski definition) is 6. The number of tetrazole rings is 1. The number of aromatic amines is 1. The normalized spacial score (nSPS) is 11.9. The number of H-pyrrole nitrogens is 1. The fourth-order valence-corrected chi connectivity index (χ4v) is 5.50. The molecule has 0 amide bonds. The molecular weight excluding hydrogens is 565 g/mol. The Bertz CT molecular complexity index is 1540. The summed E-state index contributed by atoms with van der Waals surface area (Å²) in [5, 5.41) is 18.7. The van der Waals surface area contributed by atoms with Crippen LogP contribution in [0.25, 0.3) is 33.6 Å². The highest BCUT2D eigenvalue weighted by Gasteiger charge is 2.33. The summed E-state index contributed by atoms with van der Waals surface area (Å²) in [6, 6.07) is 9.32. The molecule has 3 heterocycles. The number of alkyl halides is 3. The van der Waals surface area contributed by atoms with Gasteiger partial charge in [-0.3, -0.25) is 9.48 Å². The molecule has 2 aromatic heterocycles. The summed E-state index contributed by atoms with van der Waals surface area (Å²) in [7, 11) is 0. The van der Waals surface area contributed by atoms with Crippen LogP contribution in [0.3, 0.4) is 0 Å². The molecule has 0 saturated heterocycles. The largest absolute Gasteiger partial charge is 0.472 e. The van der Waals surface area contributed by atoms with Gasteiger partial charge in [-0.1, -0.05) is 37.6 Å².